The SMILES string of the molecule is [Al].[Al].[Al].[Al].[Pt+4].[Pt+4].[Pt+4].[Si].[Si].[Si]. The van der Waals surface area contributed by atoms with Crippen LogP contribution in [0.2, 0.25) is 0 Å². The standard InChI is InChI=1S/4Al.3Pt.3Si/q;;;;3*+4;;;. The van der Waals surface area contributed by atoms with Gasteiger partial charge in [0.2, 0.25) is 0 Å². The topological polar surface area (TPSA) is 0 Å². The monoisotopic (exact) mass is 777 g/mol. The summed E-state index contributed by atoms with van der Waals surface area (Å²) in [6.07, 6.45) is 0. The second-order valence-electron chi connectivity index (χ2n) is 0. The van der Waals surface area contributed by atoms with Crippen molar-refractivity contribution < 1.29 is 63.2 Å². The fourth-order valence-corrected chi connectivity index (χ4v) is 0. The van der Waals surface area contributed by atoms with Gasteiger partial charge in [0.25, 0.3) is 0 Å². The molecular formula is Al4Pt3Si3+12. The zero-order valence-corrected chi connectivity index (χ0v) is 19.2. The van der Waals surface area contributed by atoms with Crippen LogP contribution in [0.1, 0.15) is 0 Å². The predicted octanol–water partition coefficient (Wildman–Crippen LogP) is -2.67. The van der Waals surface area contributed by atoms with E-state index < -0.39 is 0 Å². The summed E-state index contributed by atoms with van der Waals surface area (Å²) in [5.74, 6) is 0. The van der Waals surface area contributed by atoms with Gasteiger partial charge >= 0.3 is 63.2 Å². The van der Waals surface area contributed by atoms with Crippen LogP contribution >= 0.6 is 0 Å². The minimum Gasteiger partial charge on any atom is 0 e. The molecule has 0 unspecified atom stereocenters. The van der Waals surface area contributed by atoms with Crippen molar-refractivity contribution in [1.82, 2.24) is 0 Å². The quantitative estimate of drug-likeness (QED) is 0.236. The van der Waals surface area contributed by atoms with Gasteiger partial charge < -0.3 is 0 Å². The molecule has 0 aliphatic heterocycles. The minimum absolute atomic E-state index is 0. The zero-order valence-electron chi connectivity index (χ0n) is 4.76. The van der Waals surface area contributed by atoms with E-state index in [0.29, 0.717) is 0 Å². The Morgan fingerprint density at radius 2 is 0.300 bits per heavy atom. The minimum atomic E-state index is 0. The van der Waals surface area contributed by atoms with Gasteiger partial charge in [-0.05, 0) is 0 Å². The van der Waals surface area contributed by atoms with Gasteiger partial charge in [-0.2, -0.15) is 0 Å². The fraction of sp³-hybridized carbons (Fsp3) is 0. The number of rotatable bonds is 0. The van der Waals surface area contributed by atoms with Crippen molar-refractivity contribution >= 4 is 102 Å². The van der Waals surface area contributed by atoms with E-state index in [4.69, 9.17) is 0 Å². The fourth-order valence-electron chi connectivity index (χ4n) is 0. The number of hydrogen-bond donors (Lipinski definition) is 0. The first-order chi connectivity index (χ1) is 0. The third-order valence-corrected chi connectivity index (χ3v) is 0. The average Bonchev–Trinajstić information content (AvgIpc) is 0. The summed E-state index contributed by atoms with van der Waals surface area (Å²) < 4.78 is 0. The maximum absolute atomic E-state index is 0. The van der Waals surface area contributed by atoms with Crippen molar-refractivity contribution in [2.75, 3.05) is 0 Å². The average molecular weight is 777 g/mol. The Hall–Kier alpha value is 4.85. The molecule has 0 amide bonds. The number of hydrogen-bond acceptors (Lipinski definition) is 0. The second-order valence-corrected chi connectivity index (χ2v) is 0. The van der Waals surface area contributed by atoms with Crippen LogP contribution in [0.5, 0.6) is 0 Å². The molecule has 24 radical (unpaired) electrons. The molecule has 0 spiro atoms. The summed E-state index contributed by atoms with van der Waals surface area (Å²) in [6, 6.07) is 0. The molecule has 0 aromatic carbocycles. The Morgan fingerprint density at radius 3 is 0.300 bits per heavy atom. The Kier molecular flexibility index (Phi) is 1180. The molecule has 0 fully saturated rings. The van der Waals surface area contributed by atoms with E-state index in [1.165, 1.54) is 0 Å². The molecule has 0 aromatic rings. The van der Waals surface area contributed by atoms with Crippen LogP contribution in [-0.2, 0) is 63.2 Å². The summed E-state index contributed by atoms with van der Waals surface area (Å²) >= 11 is 0. The van der Waals surface area contributed by atoms with Gasteiger partial charge in [0.1, 0.15) is 0 Å². The molecule has 0 N–H and O–H groups in total. The van der Waals surface area contributed by atoms with E-state index in [1.54, 1.807) is 0 Å². The zero-order chi connectivity index (χ0) is 0. The van der Waals surface area contributed by atoms with Gasteiger partial charge in [0, 0.05) is 102 Å². The summed E-state index contributed by atoms with van der Waals surface area (Å²) in [4.78, 5) is 0. The van der Waals surface area contributed by atoms with Crippen LogP contribution in [0.3, 0.4) is 0 Å². The maximum Gasteiger partial charge on any atom is 4.00 e. The molecule has 42 valence electrons. The molecule has 0 rings (SSSR count). The summed E-state index contributed by atoms with van der Waals surface area (Å²) in [5, 5.41) is 0. The van der Waals surface area contributed by atoms with E-state index in [1.807, 2.05) is 0 Å². The molecule has 10 heteroatoms. The van der Waals surface area contributed by atoms with Gasteiger partial charge in [-0.15, -0.1) is 0 Å². The molecular weight excluding hydrogens is 777 g/mol. The van der Waals surface area contributed by atoms with Gasteiger partial charge in [0.15, 0.2) is 0 Å². The molecule has 0 aromatic heterocycles. The normalized spacial score (nSPS) is 0. The molecule has 0 saturated heterocycles. The summed E-state index contributed by atoms with van der Waals surface area (Å²) in [7, 11) is 0. The van der Waals surface area contributed by atoms with Crippen molar-refractivity contribution in [3.05, 3.63) is 0 Å². The first-order valence-corrected chi connectivity index (χ1v) is 0. The van der Waals surface area contributed by atoms with E-state index in [0.717, 1.165) is 0 Å². The molecule has 0 nitrogen and oxygen atoms in total. The third kappa shape index (κ3) is 76.8. The summed E-state index contributed by atoms with van der Waals surface area (Å²) in [5.41, 5.74) is 0. The van der Waals surface area contributed by atoms with Crippen LogP contribution in [0.4, 0.5) is 0 Å². The first-order valence-electron chi connectivity index (χ1n) is 0. The molecule has 0 aliphatic rings. The largest absolute Gasteiger partial charge is 4.00 e. The predicted molar refractivity (Wildman–Crippen MR) is 40.3 cm³/mol. The van der Waals surface area contributed by atoms with Crippen LogP contribution in [0.25, 0.3) is 0 Å². The van der Waals surface area contributed by atoms with Crippen molar-refractivity contribution in [2.24, 2.45) is 0 Å². The van der Waals surface area contributed by atoms with Gasteiger partial charge in [-0.3, -0.25) is 0 Å². The third-order valence-electron chi connectivity index (χ3n) is 0. The van der Waals surface area contributed by atoms with Gasteiger partial charge in [0.05, 0.1) is 0 Å². The van der Waals surface area contributed by atoms with E-state index in [9.17, 15) is 0 Å². The van der Waals surface area contributed by atoms with Crippen molar-refractivity contribution in [1.29, 1.82) is 0 Å². The van der Waals surface area contributed by atoms with E-state index in [2.05, 4.69) is 0 Å². The Bertz CT molecular complexity index is 15.7. The smallest absolute Gasteiger partial charge is 0 e. The molecule has 0 saturated carbocycles. The van der Waals surface area contributed by atoms with Crippen molar-refractivity contribution in [3.63, 3.8) is 0 Å². The molecule has 0 aliphatic carbocycles. The Balaban J connectivity index is 0. The molecule has 0 bridgehead atoms. The first kappa shape index (κ1) is 121. The van der Waals surface area contributed by atoms with Gasteiger partial charge in [-0.1, -0.05) is 0 Å². The van der Waals surface area contributed by atoms with E-state index in [-0.39, 0.29) is 166 Å². The maximum atomic E-state index is 0. The van der Waals surface area contributed by atoms with Gasteiger partial charge in [-0.25, -0.2) is 0 Å². The summed E-state index contributed by atoms with van der Waals surface area (Å²) in [6.45, 7) is 0. The Morgan fingerprint density at radius 1 is 0.300 bits per heavy atom. The van der Waals surface area contributed by atoms with E-state index >= 15 is 0 Å². The second kappa shape index (κ2) is 97.3. The molecule has 0 heterocycles. The van der Waals surface area contributed by atoms with Crippen LogP contribution in [0, 0.1) is 0 Å². The van der Waals surface area contributed by atoms with Crippen molar-refractivity contribution in [3.8, 4) is 0 Å². The van der Waals surface area contributed by atoms with Crippen LogP contribution in [-0.4, -0.2) is 102 Å². The van der Waals surface area contributed by atoms with Crippen molar-refractivity contribution in [2.45, 2.75) is 0 Å². The molecule has 0 atom stereocenters. The van der Waals surface area contributed by atoms with Crippen LogP contribution in [0.15, 0.2) is 0 Å². The Labute approximate surface area is 162 Å². The van der Waals surface area contributed by atoms with Crippen LogP contribution < -0.4 is 0 Å². The molecule has 10 heavy (non-hydrogen) atoms.